The molecule has 0 amide bonds. The predicted octanol–water partition coefficient (Wildman–Crippen LogP) is 2.80. The Hall–Kier alpha value is -2.63. The molecule has 0 spiro atoms. The van der Waals surface area contributed by atoms with Gasteiger partial charge < -0.3 is 14.6 Å². The number of aliphatic imine (C=N–C) groups is 2. The molecule has 1 saturated heterocycles. The molecule has 6 nitrogen and oxygen atoms in total. The van der Waals surface area contributed by atoms with Crippen molar-refractivity contribution in [3.63, 3.8) is 0 Å². The van der Waals surface area contributed by atoms with Crippen LogP contribution in [0.4, 0.5) is 5.69 Å². The Labute approximate surface area is 136 Å². The predicted molar refractivity (Wildman–Crippen MR) is 95.2 cm³/mol. The smallest absolute Gasteiger partial charge is 0.138 e. The number of nitrogens with one attached hydrogen (secondary N) is 1. The molecular weight excluding hydrogens is 288 g/mol. The van der Waals surface area contributed by atoms with Crippen LogP contribution in [0, 0.1) is 0 Å². The first kappa shape index (κ1) is 15.3. The first-order chi connectivity index (χ1) is 11.3. The third kappa shape index (κ3) is 3.59. The number of amidine groups is 1. The lowest BCUT2D eigenvalue weighted by atomic mass is 10.1. The lowest BCUT2D eigenvalue weighted by Gasteiger charge is -2.28. The van der Waals surface area contributed by atoms with Gasteiger partial charge in [0.15, 0.2) is 0 Å². The molecule has 3 rings (SSSR count). The first-order valence-electron chi connectivity index (χ1n) is 7.90. The quantitative estimate of drug-likeness (QED) is 0.698. The summed E-state index contributed by atoms with van der Waals surface area (Å²) in [6.07, 6.45) is 11.3. The molecular formula is C17H22N6. The fraction of sp³-hybridized carbons (Fsp3) is 0.353. The minimum absolute atomic E-state index is 0.758. The second-order valence-electron chi connectivity index (χ2n) is 5.55. The maximum Gasteiger partial charge on any atom is 0.138 e. The van der Waals surface area contributed by atoms with Crippen LogP contribution in [0.2, 0.25) is 0 Å². The maximum absolute atomic E-state index is 4.32. The summed E-state index contributed by atoms with van der Waals surface area (Å²) in [5.41, 5.74) is 1.84. The highest BCUT2D eigenvalue weighted by molar-refractivity contribution is 6.04. The van der Waals surface area contributed by atoms with E-state index >= 15 is 0 Å². The molecule has 6 heteroatoms. The molecule has 1 aliphatic heterocycles. The van der Waals surface area contributed by atoms with Gasteiger partial charge in [-0.25, -0.2) is 9.98 Å². The van der Waals surface area contributed by atoms with Crippen LogP contribution < -0.4 is 5.32 Å². The van der Waals surface area contributed by atoms with Crippen molar-refractivity contribution in [2.45, 2.75) is 19.3 Å². The summed E-state index contributed by atoms with van der Waals surface area (Å²) in [6.45, 7) is 5.77. The van der Waals surface area contributed by atoms with E-state index < -0.39 is 0 Å². The summed E-state index contributed by atoms with van der Waals surface area (Å²) in [4.78, 5) is 15.1. The maximum atomic E-state index is 4.32. The number of nitrogens with zero attached hydrogens (tertiary/aromatic N) is 5. The third-order valence-corrected chi connectivity index (χ3v) is 4.02. The van der Waals surface area contributed by atoms with Crippen LogP contribution in [-0.2, 0) is 0 Å². The van der Waals surface area contributed by atoms with Crippen LogP contribution in [-0.4, -0.2) is 47.0 Å². The van der Waals surface area contributed by atoms with E-state index in [9.17, 15) is 0 Å². The molecule has 1 N–H and O–H groups in total. The minimum Gasteiger partial charge on any atom is -0.357 e. The largest absolute Gasteiger partial charge is 0.357 e. The first-order valence-corrected chi connectivity index (χ1v) is 7.90. The van der Waals surface area contributed by atoms with Crippen LogP contribution >= 0.6 is 0 Å². The van der Waals surface area contributed by atoms with Gasteiger partial charge in [0.1, 0.15) is 17.3 Å². The molecule has 1 fully saturated rings. The number of piperidine rings is 1. The fourth-order valence-corrected chi connectivity index (χ4v) is 2.77. The molecule has 0 radical (unpaired) electrons. The minimum atomic E-state index is 0.758. The molecule has 3 heterocycles. The second kappa shape index (κ2) is 7.09. The average Bonchev–Trinajstić information content (AvgIpc) is 3.07. The van der Waals surface area contributed by atoms with Crippen LogP contribution in [0.25, 0.3) is 5.65 Å². The number of aromatic nitrogens is 2. The molecule has 120 valence electrons. The highest BCUT2D eigenvalue weighted by atomic mass is 15.2. The summed E-state index contributed by atoms with van der Waals surface area (Å²) in [5, 5.41) is 3.32. The number of hydrogen-bond acceptors (Lipinski definition) is 4. The zero-order valence-electron chi connectivity index (χ0n) is 13.4. The molecule has 23 heavy (non-hydrogen) atoms. The zero-order chi connectivity index (χ0) is 16.1. The number of rotatable bonds is 4. The van der Waals surface area contributed by atoms with Crippen molar-refractivity contribution >= 4 is 23.9 Å². The van der Waals surface area contributed by atoms with Crippen molar-refractivity contribution in [2.24, 2.45) is 9.98 Å². The number of hydrogen-bond donors (Lipinski definition) is 1. The summed E-state index contributed by atoms with van der Waals surface area (Å²) >= 11 is 0. The van der Waals surface area contributed by atoms with Gasteiger partial charge in [0.2, 0.25) is 0 Å². The van der Waals surface area contributed by atoms with Gasteiger partial charge >= 0.3 is 0 Å². The average molecular weight is 310 g/mol. The van der Waals surface area contributed by atoms with Gasteiger partial charge in [-0.1, -0.05) is 0 Å². The lowest BCUT2D eigenvalue weighted by Crippen LogP contribution is -2.29. The summed E-state index contributed by atoms with van der Waals surface area (Å²) in [6, 6.07) is 3.98. The Morgan fingerprint density at radius 1 is 1.30 bits per heavy atom. The van der Waals surface area contributed by atoms with Crippen LogP contribution in [0.1, 0.15) is 19.3 Å². The van der Waals surface area contributed by atoms with Crippen molar-refractivity contribution in [1.29, 1.82) is 0 Å². The van der Waals surface area contributed by atoms with Crippen molar-refractivity contribution in [2.75, 3.05) is 25.5 Å². The molecule has 2 aromatic rings. The SMILES string of the molecule is C=N/C(=C\C(=NC)Nc1ccn2ccnc2c1)N1CCCCC1. The Balaban J connectivity index is 1.78. The number of imidazole rings is 1. The van der Waals surface area contributed by atoms with E-state index in [1.807, 2.05) is 35.0 Å². The Bertz CT molecular complexity index is 736. The van der Waals surface area contributed by atoms with E-state index in [1.54, 1.807) is 13.2 Å². The van der Waals surface area contributed by atoms with Gasteiger partial charge in [0, 0.05) is 56.6 Å². The van der Waals surface area contributed by atoms with Crippen LogP contribution in [0.15, 0.2) is 52.6 Å². The van der Waals surface area contributed by atoms with Gasteiger partial charge in [-0.3, -0.25) is 4.99 Å². The van der Waals surface area contributed by atoms with Gasteiger partial charge in [-0.2, -0.15) is 0 Å². The number of fused-ring (bicyclic) bond motifs is 1. The van der Waals surface area contributed by atoms with Crippen molar-refractivity contribution in [1.82, 2.24) is 14.3 Å². The molecule has 1 aliphatic rings. The number of pyridine rings is 1. The Kier molecular flexibility index (Phi) is 4.71. The highest BCUT2D eigenvalue weighted by Gasteiger charge is 2.13. The molecule has 0 aliphatic carbocycles. The normalized spacial score (nSPS) is 16.7. The Morgan fingerprint density at radius 3 is 2.87 bits per heavy atom. The van der Waals surface area contributed by atoms with Gasteiger partial charge in [0.25, 0.3) is 0 Å². The highest BCUT2D eigenvalue weighted by Crippen LogP contribution is 2.16. The van der Waals surface area contributed by atoms with E-state index in [0.29, 0.717) is 0 Å². The van der Waals surface area contributed by atoms with E-state index in [1.165, 1.54) is 19.3 Å². The van der Waals surface area contributed by atoms with E-state index in [-0.39, 0.29) is 0 Å². The van der Waals surface area contributed by atoms with Crippen molar-refractivity contribution < 1.29 is 0 Å². The van der Waals surface area contributed by atoms with Crippen LogP contribution in [0.3, 0.4) is 0 Å². The molecule has 0 aromatic carbocycles. The fourth-order valence-electron chi connectivity index (χ4n) is 2.77. The third-order valence-electron chi connectivity index (χ3n) is 4.02. The summed E-state index contributed by atoms with van der Waals surface area (Å²) in [7, 11) is 1.77. The van der Waals surface area contributed by atoms with Crippen molar-refractivity contribution in [3.8, 4) is 0 Å². The topological polar surface area (TPSA) is 57.3 Å². The summed E-state index contributed by atoms with van der Waals surface area (Å²) < 4.78 is 1.97. The molecule has 0 bridgehead atoms. The van der Waals surface area contributed by atoms with Crippen molar-refractivity contribution in [3.05, 3.63) is 42.6 Å². The standard InChI is InChI=1S/C17H22N6/c1-18-15(13-16(19-2)22-8-4-3-5-9-22)21-14-6-10-23-11-7-20-17(23)12-14/h6-7,10-13H,2-5,8-9H2,1H3,(H,18,21)/b16-13+. The van der Waals surface area contributed by atoms with Gasteiger partial charge in [0.05, 0.1) is 0 Å². The molecule has 2 aromatic heterocycles. The molecule has 0 atom stereocenters. The molecule has 0 saturated carbocycles. The zero-order valence-corrected chi connectivity index (χ0v) is 13.4. The monoisotopic (exact) mass is 310 g/mol. The van der Waals surface area contributed by atoms with Crippen LogP contribution in [0.5, 0.6) is 0 Å². The summed E-state index contributed by atoms with van der Waals surface area (Å²) in [5.74, 6) is 1.63. The van der Waals surface area contributed by atoms with E-state index in [2.05, 4.69) is 31.9 Å². The number of anilines is 1. The number of likely N-dealkylation sites (tertiary alicyclic amines) is 1. The van der Waals surface area contributed by atoms with Gasteiger partial charge in [-0.05, 0) is 32.0 Å². The van der Waals surface area contributed by atoms with E-state index in [0.717, 1.165) is 36.1 Å². The van der Waals surface area contributed by atoms with Gasteiger partial charge in [-0.15, -0.1) is 0 Å². The lowest BCUT2D eigenvalue weighted by molar-refractivity contribution is 0.284. The van der Waals surface area contributed by atoms with E-state index in [4.69, 9.17) is 0 Å². The Morgan fingerprint density at radius 2 is 2.13 bits per heavy atom. The second-order valence-corrected chi connectivity index (χ2v) is 5.55. The molecule has 0 unspecified atom stereocenters.